The van der Waals surface area contributed by atoms with E-state index < -0.39 is 6.10 Å². The van der Waals surface area contributed by atoms with Gasteiger partial charge in [0, 0.05) is 12.5 Å². The lowest BCUT2D eigenvalue weighted by Crippen LogP contribution is -2.26. The van der Waals surface area contributed by atoms with Crippen molar-refractivity contribution in [3.63, 3.8) is 0 Å². The number of ether oxygens (including phenoxy) is 1. The smallest absolute Gasteiger partial charge is 0.254 e. The summed E-state index contributed by atoms with van der Waals surface area (Å²) in [4.78, 5) is 11.6. The van der Waals surface area contributed by atoms with Crippen molar-refractivity contribution in [2.24, 2.45) is 0 Å². The number of nitrogens with zero attached hydrogens (tertiary/aromatic N) is 1. The number of benzene rings is 1. The highest BCUT2D eigenvalue weighted by molar-refractivity contribution is 6.01. The van der Waals surface area contributed by atoms with E-state index >= 15 is 0 Å². The van der Waals surface area contributed by atoms with Crippen LogP contribution in [0.3, 0.4) is 0 Å². The zero-order valence-corrected chi connectivity index (χ0v) is 9.15. The van der Waals surface area contributed by atoms with Gasteiger partial charge in [0.2, 0.25) is 0 Å². The Balaban J connectivity index is 2.25. The van der Waals surface area contributed by atoms with Crippen LogP contribution in [0.5, 0.6) is 0 Å². The number of nitrogens with one attached hydrogen (secondary N) is 2. The number of hydrogen-bond donors (Lipinski definition) is 2. The molecule has 1 atom stereocenters. The summed E-state index contributed by atoms with van der Waals surface area (Å²) in [5, 5.41) is 10.5. The predicted octanol–water partition coefficient (Wildman–Crippen LogP) is 1.54. The van der Waals surface area contributed by atoms with Crippen molar-refractivity contribution in [2.75, 3.05) is 12.4 Å². The molecule has 1 aromatic heterocycles. The van der Waals surface area contributed by atoms with Crippen molar-refractivity contribution in [1.29, 1.82) is 0 Å². The van der Waals surface area contributed by atoms with Gasteiger partial charge in [-0.15, -0.1) is 0 Å². The van der Waals surface area contributed by atoms with Crippen molar-refractivity contribution >= 4 is 22.6 Å². The minimum absolute atomic E-state index is 0.209. The highest BCUT2D eigenvalue weighted by atomic mass is 16.5. The molecule has 1 unspecified atom stereocenters. The molecule has 16 heavy (non-hydrogen) atoms. The zero-order chi connectivity index (χ0) is 11.5. The Labute approximate surface area is 92.8 Å². The molecule has 2 rings (SSSR count). The van der Waals surface area contributed by atoms with Gasteiger partial charge in [-0.1, -0.05) is 12.1 Å². The number of rotatable bonds is 3. The lowest BCUT2D eigenvalue weighted by Gasteiger charge is -2.08. The Morgan fingerprint density at radius 3 is 3.00 bits per heavy atom. The maximum absolute atomic E-state index is 11.6. The lowest BCUT2D eigenvalue weighted by atomic mass is 10.2. The fourth-order valence-electron chi connectivity index (χ4n) is 1.38. The van der Waals surface area contributed by atoms with Crippen LogP contribution >= 0.6 is 0 Å². The van der Waals surface area contributed by atoms with Crippen molar-refractivity contribution in [2.45, 2.75) is 13.0 Å². The Morgan fingerprint density at radius 1 is 1.50 bits per heavy atom. The molecule has 84 valence electrons. The summed E-state index contributed by atoms with van der Waals surface area (Å²) in [6.07, 6.45) is -0.490. The van der Waals surface area contributed by atoms with E-state index in [0.29, 0.717) is 5.82 Å². The molecule has 0 bridgehead atoms. The summed E-state index contributed by atoms with van der Waals surface area (Å²) in [5.74, 6) is 0.323. The Kier molecular flexibility index (Phi) is 2.87. The monoisotopic (exact) mass is 219 g/mol. The average Bonchev–Trinajstić information content (AvgIpc) is 2.72. The third kappa shape index (κ3) is 1.90. The number of para-hydroxylation sites is 1. The second-order valence-electron chi connectivity index (χ2n) is 3.48. The molecule has 0 aliphatic carbocycles. The molecule has 0 aliphatic rings. The summed E-state index contributed by atoms with van der Waals surface area (Å²) in [6.45, 7) is 1.68. The molecular formula is C11H13N3O2. The number of carbonyl (C=O) groups excluding carboxylic acids is 1. The molecule has 1 aromatic carbocycles. The zero-order valence-electron chi connectivity index (χ0n) is 9.15. The van der Waals surface area contributed by atoms with Gasteiger partial charge in [-0.05, 0) is 19.1 Å². The fourth-order valence-corrected chi connectivity index (χ4v) is 1.38. The molecule has 0 spiro atoms. The van der Waals surface area contributed by atoms with Crippen LogP contribution in [0.25, 0.3) is 10.9 Å². The van der Waals surface area contributed by atoms with Gasteiger partial charge in [0.15, 0.2) is 5.82 Å². The first-order chi connectivity index (χ1) is 7.72. The Bertz CT molecular complexity index is 507. The highest BCUT2D eigenvalue weighted by Crippen LogP contribution is 2.19. The second kappa shape index (κ2) is 4.32. The van der Waals surface area contributed by atoms with E-state index in [1.165, 1.54) is 7.11 Å². The number of H-pyrrole nitrogens is 1. The first-order valence-corrected chi connectivity index (χ1v) is 4.99. The van der Waals surface area contributed by atoms with Gasteiger partial charge in [0.1, 0.15) is 6.10 Å². The second-order valence-corrected chi connectivity index (χ2v) is 3.48. The van der Waals surface area contributed by atoms with E-state index in [1.807, 2.05) is 24.3 Å². The van der Waals surface area contributed by atoms with Gasteiger partial charge in [0.05, 0.1) is 5.52 Å². The van der Waals surface area contributed by atoms with Gasteiger partial charge in [-0.2, -0.15) is 5.10 Å². The standard InChI is InChI=1S/C11H13N3O2/c1-7(16-2)11(15)12-10-8-5-3-4-6-9(8)13-14-10/h3-7H,1-2H3,(H2,12,13,14,15). The fraction of sp³-hybridized carbons (Fsp3) is 0.273. The molecule has 1 heterocycles. The van der Waals surface area contributed by atoms with Crippen LogP contribution in [0.1, 0.15) is 6.92 Å². The van der Waals surface area contributed by atoms with Crippen molar-refractivity contribution in [3.05, 3.63) is 24.3 Å². The van der Waals surface area contributed by atoms with E-state index in [4.69, 9.17) is 4.74 Å². The van der Waals surface area contributed by atoms with E-state index in [0.717, 1.165) is 10.9 Å². The molecule has 2 aromatic rings. The van der Waals surface area contributed by atoms with Crippen molar-refractivity contribution in [1.82, 2.24) is 10.2 Å². The molecular weight excluding hydrogens is 206 g/mol. The molecule has 0 saturated carbocycles. The number of hydrogen-bond acceptors (Lipinski definition) is 3. The largest absolute Gasteiger partial charge is 0.372 e. The first kappa shape index (κ1) is 10.6. The molecule has 0 radical (unpaired) electrons. The van der Waals surface area contributed by atoms with Gasteiger partial charge >= 0.3 is 0 Å². The van der Waals surface area contributed by atoms with Gasteiger partial charge in [0.25, 0.3) is 5.91 Å². The van der Waals surface area contributed by atoms with E-state index in [9.17, 15) is 4.79 Å². The Morgan fingerprint density at radius 2 is 2.25 bits per heavy atom. The van der Waals surface area contributed by atoms with Crippen LogP contribution in [-0.2, 0) is 9.53 Å². The van der Waals surface area contributed by atoms with E-state index in [1.54, 1.807) is 6.92 Å². The number of aromatic nitrogens is 2. The third-order valence-corrected chi connectivity index (χ3v) is 2.43. The summed E-state index contributed by atoms with van der Waals surface area (Å²) in [5.41, 5.74) is 0.892. The topological polar surface area (TPSA) is 67.0 Å². The van der Waals surface area contributed by atoms with E-state index in [-0.39, 0.29) is 5.91 Å². The molecule has 1 amide bonds. The molecule has 0 fully saturated rings. The number of carbonyl (C=O) groups is 1. The minimum atomic E-state index is -0.490. The Hall–Kier alpha value is -1.88. The SMILES string of the molecule is COC(C)C(=O)Nc1n[nH]c2ccccc12. The van der Waals surface area contributed by atoms with Crippen LogP contribution in [0.4, 0.5) is 5.82 Å². The van der Waals surface area contributed by atoms with Crippen LogP contribution in [0.2, 0.25) is 0 Å². The summed E-state index contributed by atoms with van der Waals surface area (Å²) in [6, 6.07) is 7.60. The normalized spacial score (nSPS) is 12.6. The highest BCUT2D eigenvalue weighted by Gasteiger charge is 2.14. The van der Waals surface area contributed by atoms with Gasteiger partial charge in [-0.25, -0.2) is 0 Å². The number of fused-ring (bicyclic) bond motifs is 1. The van der Waals surface area contributed by atoms with Crippen LogP contribution in [0.15, 0.2) is 24.3 Å². The van der Waals surface area contributed by atoms with Crippen LogP contribution < -0.4 is 5.32 Å². The molecule has 5 nitrogen and oxygen atoms in total. The molecule has 0 aliphatic heterocycles. The van der Waals surface area contributed by atoms with Crippen LogP contribution in [-0.4, -0.2) is 29.3 Å². The summed E-state index contributed by atoms with van der Waals surface area (Å²) in [7, 11) is 1.49. The molecule has 5 heteroatoms. The van der Waals surface area contributed by atoms with E-state index in [2.05, 4.69) is 15.5 Å². The number of methoxy groups -OCH3 is 1. The maximum atomic E-state index is 11.6. The quantitative estimate of drug-likeness (QED) is 0.822. The lowest BCUT2D eigenvalue weighted by molar-refractivity contribution is -0.124. The third-order valence-electron chi connectivity index (χ3n) is 2.43. The number of aromatic amines is 1. The van der Waals surface area contributed by atoms with Crippen LogP contribution in [0, 0.1) is 0 Å². The number of anilines is 1. The maximum Gasteiger partial charge on any atom is 0.254 e. The first-order valence-electron chi connectivity index (χ1n) is 4.99. The predicted molar refractivity (Wildman–Crippen MR) is 61.2 cm³/mol. The summed E-state index contributed by atoms with van der Waals surface area (Å²) < 4.78 is 4.92. The summed E-state index contributed by atoms with van der Waals surface area (Å²) >= 11 is 0. The van der Waals surface area contributed by atoms with Crippen molar-refractivity contribution < 1.29 is 9.53 Å². The molecule has 0 saturated heterocycles. The molecule has 2 N–H and O–H groups in total. The average molecular weight is 219 g/mol. The van der Waals surface area contributed by atoms with Gasteiger partial charge in [-0.3, -0.25) is 9.89 Å². The minimum Gasteiger partial charge on any atom is -0.372 e. The van der Waals surface area contributed by atoms with Gasteiger partial charge < -0.3 is 10.1 Å². The van der Waals surface area contributed by atoms with Crippen molar-refractivity contribution in [3.8, 4) is 0 Å². The number of amides is 1.